The number of rotatable bonds is 6. The Kier molecular flexibility index (Phi) is 5.94. The molecule has 3 rings (SSSR count). The molecule has 0 aliphatic heterocycles. The molecule has 0 aliphatic carbocycles. The molecule has 7 heteroatoms. The highest BCUT2D eigenvalue weighted by molar-refractivity contribution is 8.00. The molecule has 6 nitrogen and oxygen atoms in total. The number of carbonyl (C=O) groups excluding carboxylic acids is 2. The zero-order valence-electron chi connectivity index (χ0n) is 16.1. The lowest BCUT2D eigenvalue weighted by Crippen LogP contribution is -2.23. The van der Waals surface area contributed by atoms with E-state index in [9.17, 15) is 9.59 Å². The maximum Gasteiger partial charge on any atom is 0.277 e. The second-order valence-electron chi connectivity index (χ2n) is 6.60. The van der Waals surface area contributed by atoms with Gasteiger partial charge in [0.25, 0.3) is 5.22 Å². The molecule has 1 atom stereocenters. The number of aromatic nitrogens is 2. The van der Waals surface area contributed by atoms with Gasteiger partial charge in [-0.15, -0.1) is 10.2 Å². The van der Waals surface area contributed by atoms with E-state index in [2.05, 4.69) is 21.6 Å². The molecule has 0 fully saturated rings. The Balaban J connectivity index is 1.70. The highest BCUT2D eigenvalue weighted by atomic mass is 32.2. The molecule has 0 saturated carbocycles. The van der Waals surface area contributed by atoms with Crippen molar-refractivity contribution in [2.24, 2.45) is 0 Å². The number of benzene rings is 2. The minimum absolute atomic E-state index is 0.105. The topological polar surface area (TPSA) is 85.1 Å². The van der Waals surface area contributed by atoms with E-state index in [4.69, 9.17) is 4.42 Å². The Morgan fingerprint density at radius 2 is 1.75 bits per heavy atom. The van der Waals surface area contributed by atoms with Crippen LogP contribution in [0.5, 0.6) is 0 Å². The first-order chi connectivity index (χ1) is 13.3. The van der Waals surface area contributed by atoms with Crippen LogP contribution in [-0.2, 0) is 4.79 Å². The molecule has 28 heavy (non-hydrogen) atoms. The predicted molar refractivity (Wildman–Crippen MR) is 110 cm³/mol. The second-order valence-corrected chi connectivity index (χ2v) is 7.89. The van der Waals surface area contributed by atoms with Crippen LogP contribution in [0.2, 0.25) is 0 Å². The van der Waals surface area contributed by atoms with Crippen molar-refractivity contribution in [2.45, 2.75) is 38.2 Å². The van der Waals surface area contributed by atoms with Crippen LogP contribution in [0.15, 0.2) is 52.1 Å². The van der Waals surface area contributed by atoms with Gasteiger partial charge in [0.1, 0.15) is 0 Å². The van der Waals surface area contributed by atoms with Crippen molar-refractivity contribution >= 4 is 29.1 Å². The fourth-order valence-electron chi connectivity index (χ4n) is 2.81. The van der Waals surface area contributed by atoms with Gasteiger partial charge in [0, 0.05) is 11.1 Å². The summed E-state index contributed by atoms with van der Waals surface area (Å²) in [4.78, 5) is 24.2. The monoisotopic (exact) mass is 395 g/mol. The molecule has 0 saturated heterocycles. The highest BCUT2D eigenvalue weighted by Gasteiger charge is 2.20. The Bertz CT molecular complexity index is 1010. The number of amides is 1. The summed E-state index contributed by atoms with van der Waals surface area (Å²) in [6.07, 6.45) is 0. The molecule has 1 heterocycles. The van der Waals surface area contributed by atoms with Gasteiger partial charge in [-0.2, -0.15) is 0 Å². The Morgan fingerprint density at radius 1 is 1.07 bits per heavy atom. The molecule has 1 N–H and O–H groups in total. The molecule has 1 aromatic heterocycles. The van der Waals surface area contributed by atoms with Crippen molar-refractivity contribution < 1.29 is 14.0 Å². The third kappa shape index (κ3) is 4.67. The lowest BCUT2D eigenvalue weighted by atomic mass is 10.1. The minimum Gasteiger partial charge on any atom is -0.411 e. The van der Waals surface area contributed by atoms with Gasteiger partial charge in [0.15, 0.2) is 5.78 Å². The van der Waals surface area contributed by atoms with Gasteiger partial charge in [-0.25, -0.2) is 0 Å². The molecule has 0 aliphatic rings. The average Bonchev–Trinajstić information content (AvgIpc) is 3.09. The number of aryl methyl sites for hydroxylation is 2. The van der Waals surface area contributed by atoms with Gasteiger partial charge in [-0.1, -0.05) is 41.1 Å². The number of nitrogens with one attached hydrogen (secondary N) is 1. The van der Waals surface area contributed by atoms with Crippen LogP contribution in [0.3, 0.4) is 0 Å². The summed E-state index contributed by atoms with van der Waals surface area (Å²) in [5.41, 5.74) is 4.04. The van der Waals surface area contributed by atoms with Gasteiger partial charge in [-0.3, -0.25) is 9.59 Å². The average molecular weight is 395 g/mol. The van der Waals surface area contributed by atoms with E-state index in [0.29, 0.717) is 22.4 Å². The molecule has 2 aromatic carbocycles. The number of carbonyl (C=O) groups is 2. The number of hydrogen-bond acceptors (Lipinski definition) is 6. The third-order valence-electron chi connectivity index (χ3n) is 4.09. The first kappa shape index (κ1) is 19.8. The van der Waals surface area contributed by atoms with Crippen LogP contribution in [0.25, 0.3) is 11.5 Å². The Labute approximate surface area is 167 Å². The zero-order valence-corrected chi connectivity index (χ0v) is 17.0. The molecule has 0 unspecified atom stereocenters. The van der Waals surface area contributed by atoms with Crippen LogP contribution < -0.4 is 5.32 Å². The normalized spacial score (nSPS) is 11.9. The van der Waals surface area contributed by atoms with Crippen LogP contribution in [0, 0.1) is 13.8 Å². The summed E-state index contributed by atoms with van der Waals surface area (Å²) < 4.78 is 5.72. The number of anilines is 1. The summed E-state index contributed by atoms with van der Waals surface area (Å²) in [7, 11) is 0. The fourth-order valence-corrected chi connectivity index (χ4v) is 3.49. The van der Waals surface area contributed by atoms with Crippen molar-refractivity contribution in [1.29, 1.82) is 0 Å². The van der Waals surface area contributed by atoms with Crippen molar-refractivity contribution in [3.8, 4) is 11.5 Å². The van der Waals surface area contributed by atoms with Gasteiger partial charge in [-0.05, 0) is 52.0 Å². The third-order valence-corrected chi connectivity index (χ3v) is 5.02. The molecule has 1 amide bonds. The molecule has 0 bridgehead atoms. The molecule has 0 spiro atoms. The number of para-hydroxylation sites is 1. The van der Waals surface area contributed by atoms with E-state index in [1.165, 1.54) is 18.7 Å². The quantitative estimate of drug-likeness (QED) is 0.482. The number of hydrogen-bond donors (Lipinski definition) is 1. The van der Waals surface area contributed by atoms with E-state index in [-0.39, 0.29) is 11.7 Å². The molecule has 3 aromatic rings. The zero-order chi connectivity index (χ0) is 20.3. The molecular weight excluding hydrogens is 374 g/mol. The van der Waals surface area contributed by atoms with Gasteiger partial charge in [0.2, 0.25) is 11.8 Å². The SMILES string of the molecule is CC(=O)c1ccccc1NC(=O)[C@@H](C)Sc1nnc(-c2cc(C)cc(C)c2)o1. The van der Waals surface area contributed by atoms with Crippen molar-refractivity contribution in [3.63, 3.8) is 0 Å². The lowest BCUT2D eigenvalue weighted by Gasteiger charge is -2.12. The summed E-state index contributed by atoms with van der Waals surface area (Å²) in [5, 5.41) is 10.8. The van der Waals surface area contributed by atoms with Crippen LogP contribution in [0.1, 0.15) is 35.3 Å². The fraction of sp³-hybridized carbons (Fsp3) is 0.238. The van der Waals surface area contributed by atoms with E-state index in [1.807, 2.05) is 26.0 Å². The summed E-state index contributed by atoms with van der Waals surface area (Å²) >= 11 is 1.17. The van der Waals surface area contributed by atoms with E-state index in [1.54, 1.807) is 31.2 Å². The van der Waals surface area contributed by atoms with E-state index < -0.39 is 5.25 Å². The molecular formula is C21H21N3O3S. The number of thioether (sulfide) groups is 1. The molecule has 144 valence electrons. The first-order valence-electron chi connectivity index (χ1n) is 8.83. The van der Waals surface area contributed by atoms with Crippen molar-refractivity contribution in [2.75, 3.05) is 5.32 Å². The van der Waals surface area contributed by atoms with E-state index in [0.717, 1.165) is 16.7 Å². The summed E-state index contributed by atoms with van der Waals surface area (Å²) in [5.74, 6) is 0.0693. The van der Waals surface area contributed by atoms with Gasteiger partial charge < -0.3 is 9.73 Å². The Hall–Kier alpha value is -2.93. The van der Waals surface area contributed by atoms with E-state index >= 15 is 0 Å². The summed E-state index contributed by atoms with van der Waals surface area (Å²) in [6.45, 7) is 7.23. The van der Waals surface area contributed by atoms with Crippen molar-refractivity contribution in [3.05, 3.63) is 59.2 Å². The first-order valence-corrected chi connectivity index (χ1v) is 9.71. The Morgan fingerprint density at radius 3 is 2.43 bits per heavy atom. The molecule has 0 radical (unpaired) electrons. The smallest absolute Gasteiger partial charge is 0.277 e. The second kappa shape index (κ2) is 8.39. The number of nitrogens with zero attached hydrogens (tertiary/aromatic N) is 2. The number of Topliss-reactive ketones (excluding diaryl/α,β-unsaturated/α-hetero) is 1. The maximum atomic E-state index is 12.5. The van der Waals surface area contributed by atoms with Gasteiger partial charge in [0.05, 0.1) is 10.9 Å². The predicted octanol–water partition coefficient (Wildman–Crippen LogP) is 4.68. The van der Waals surface area contributed by atoms with Crippen LogP contribution in [-0.4, -0.2) is 27.1 Å². The van der Waals surface area contributed by atoms with Crippen LogP contribution >= 0.6 is 11.8 Å². The lowest BCUT2D eigenvalue weighted by molar-refractivity contribution is -0.115. The minimum atomic E-state index is -0.479. The van der Waals surface area contributed by atoms with Crippen molar-refractivity contribution in [1.82, 2.24) is 10.2 Å². The van der Waals surface area contributed by atoms with Crippen LogP contribution in [0.4, 0.5) is 5.69 Å². The maximum absolute atomic E-state index is 12.5. The van der Waals surface area contributed by atoms with Gasteiger partial charge >= 0.3 is 0 Å². The largest absolute Gasteiger partial charge is 0.411 e. The highest BCUT2D eigenvalue weighted by Crippen LogP contribution is 2.28. The number of ketones is 1. The standard InChI is InChI=1S/C21H21N3O3S/c1-12-9-13(2)11-16(10-12)20-23-24-21(27-20)28-15(4)19(26)22-18-8-6-5-7-17(18)14(3)25/h5-11,15H,1-4H3,(H,22,26)/t15-/m1/s1. The summed E-state index contributed by atoms with van der Waals surface area (Å²) in [6, 6.07) is 12.9.